The number of aromatic nitrogens is 3. The summed E-state index contributed by atoms with van der Waals surface area (Å²) >= 11 is 1.59. The number of hydrogen-bond acceptors (Lipinski definition) is 5. The molecule has 2 aromatic rings. The van der Waals surface area contributed by atoms with Crippen molar-refractivity contribution in [1.29, 1.82) is 0 Å². The Morgan fingerprint density at radius 3 is 3.04 bits per heavy atom. The van der Waals surface area contributed by atoms with Crippen molar-refractivity contribution >= 4 is 11.8 Å². The molecule has 0 spiro atoms. The fourth-order valence-electron chi connectivity index (χ4n) is 3.23. The van der Waals surface area contributed by atoms with Crippen LogP contribution in [0.4, 0.5) is 0 Å². The number of nitrogens with zero attached hydrogens (tertiary/aromatic N) is 2. The largest absolute Gasteiger partial charge is 0.380 e. The topological polar surface area (TPSA) is 67.9 Å². The van der Waals surface area contributed by atoms with Crippen LogP contribution in [-0.4, -0.2) is 28.2 Å². The minimum atomic E-state index is 0.0329. The number of aromatic amines is 1. The summed E-state index contributed by atoms with van der Waals surface area (Å²) in [5.41, 5.74) is 5.50. The smallest absolute Gasteiger partial charge is 0.254 e. The molecule has 5 nitrogen and oxygen atoms in total. The van der Waals surface area contributed by atoms with Crippen LogP contribution in [0.1, 0.15) is 40.4 Å². The molecule has 0 aromatic carbocycles. The van der Waals surface area contributed by atoms with Gasteiger partial charge < -0.3 is 9.72 Å². The Hall–Kier alpha value is -1.66. The van der Waals surface area contributed by atoms with E-state index in [1.807, 2.05) is 13.1 Å². The lowest BCUT2D eigenvalue weighted by Crippen LogP contribution is -2.26. The van der Waals surface area contributed by atoms with Gasteiger partial charge >= 0.3 is 0 Å². The monoisotopic (exact) mass is 329 g/mol. The zero-order valence-electron chi connectivity index (χ0n) is 13.1. The highest BCUT2D eigenvalue weighted by Crippen LogP contribution is 2.31. The van der Waals surface area contributed by atoms with E-state index in [1.54, 1.807) is 11.8 Å². The lowest BCUT2D eigenvalue weighted by atomic mass is 9.93. The molecule has 1 fully saturated rings. The summed E-state index contributed by atoms with van der Waals surface area (Å²) in [6.45, 7) is 3.61. The standard InChI is InChI=1S/C17H19N3O2S/c1-10-14(12(5-6-18-10)11-7-22-8-11)9-23-17-19-15-4-2-3-13(15)16(21)20-17/h5-6,11H,2-4,7-9H2,1H3,(H,19,20,21). The molecule has 2 aliphatic rings. The van der Waals surface area contributed by atoms with Gasteiger partial charge in [-0.05, 0) is 43.4 Å². The van der Waals surface area contributed by atoms with Gasteiger partial charge in [-0.3, -0.25) is 9.78 Å². The molecular weight excluding hydrogens is 310 g/mol. The van der Waals surface area contributed by atoms with Crippen molar-refractivity contribution in [2.45, 2.75) is 43.0 Å². The third-order valence-corrected chi connectivity index (χ3v) is 5.56. The van der Waals surface area contributed by atoms with Crippen LogP contribution < -0.4 is 5.56 Å². The molecule has 0 bridgehead atoms. The van der Waals surface area contributed by atoms with Crippen LogP contribution >= 0.6 is 11.8 Å². The van der Waals surface area contributed by atoms with Gasteiger partial charge in [0, 0.05) is 29.1 Å². The minimum Gasteiger partial charge on any atom is -0.380 e. The average Bonchev–Trinajstić information content (AvgIpc) is 2.94. The van der Waals surface area contributed by atoms with Crippen LogP contribution in [0.5, 0.6) is 0 Å². The first kappa shape index (κ1) is 14.9. The summed E-state index contributed by atoms with van der Waals surface area (Å²) in [6, 6.07) is 2.09. The maximum Gasteiger partial charge on any atom is 0.254 e. The van der Waals surface area contributed by atoms with E-state index in [4.69, 9.17) is 4.74 Å². The van der Waals surface area contributed by atoms with Crippen LogP contribution in [-0.2, 0) is 23.3 Å². The molecule has 1 aliphatic carbocycles. The predicted octanol–water partition coefficient (Wildman–Crippen LogP) is 2.37. The van der Waals surface area contributed by atoms with Crippen molar-refractivity contribution in [3.05, 3.63) is 50.7 Å². The van der Waals surface area contributed by atoms with Gasteiger partial charge in [-0.2, -0.15) is 0 Å². The fourth-order valence-corrected chi connectivity index (χ4v) is 4.23. The van der Waals surface area contributed by atoms with Gasteiger partial charge in [0.15, 0.2) is 5.16 Å². The second-order valence-electron chi connectivity index (χ2n) is 6.14. The number of hydrogen-bond donors (Lipinski definition) is 1. The molecule has 0 saturated carbocycles. The number of aryl methyl sites for hydroxylation is 2. The number of pyridine rings is 1. The van der Waals surface area contributed by atoms with Gasteiger partial charge in [0.05, 0.1) is 18.9 Å². The lowest BCUT2D eigenvalue weighted by Gasteiger charge is -2.28. The Labute approximate surface area is 138 Å². The molecular formula is C17H19N3O2S. The van der Waals surface area contributed by atoms with Gasteiger partial charge in [0.25, 0.3) is 5.56 Å². The Morgan fingerprint density at radius 2 is 2.26 bits per heavy atom. The molecule has 0 unspecified atom stereocenters. The first-order valence-corrected chi connectivity index (χ1v) is 8.98. The highest BCUT2D eigenvalue weighted by Gasteiger charge is 2.24. The van der Waals surface area contributed by atoms with Gasteiger partial charge in [0.2, 0.25) is 0 Å². The number of rotatable bonds is 4. The molecule has 0 radical (unpaired) electrons. The molecule has 2 aromatic heterocycles. The first-order chi connectivity index (χ1) is 11.2. The van der Waals surface area contributed by atoms with Crippen LogP contribution in [0, 0.1) is 6.92 Å². The zero-order chi connectivity index (χ0) is 15.8. The molecule has 120 valence electrons. The fraction of sp³-hybridized carbons (Fsp3) is 0.471. The third kappa shape index (κ3) is 2.81. The first-order valence-electron chi connectivity index (χ1n) is 7.99. The van der Waals surface area contributed by atoms with E-state index >= 15 is 0 Å². The highest BCUT2D eigenvalue weighted by molar-refractivity contribution is 7.98. The molecule has 4 rings (SSSR count). The molecule has 23 heavy (non-hydrogen) atoms. The summed E-state index contributed by atoms with van der Waals surface area (Å²) in [4.78, 5) is 24.1. The van der Waals surface area contributed by atoms with E-state index in [-0.39, 0.29) is 5.56 Å². The van der Waals surface area contributed by atoms with Crippen molar-refractivity contribution in [2.24, 2.45) is 0 Å². The molecule has 1 aliphatic heterocycles. The van der Waals surface area contributed by atoms with E-state index in [9.17, 15) is 4.79 Å². The Kier molecular flexibility index (Phi) is 3.95. The van der Waals surface area contributed by atoms with Gasteiger partial charge in [-0.15, -0.1) is 0 Å². The van der Waals surface area contributed by atoms with E-state index in [2.05, 4.69) is 21.0 Å². The lowest BCUT2D eigenvalue weighted by molar-refractivity contribution is 0.00809. The maximum atomic E-state index is 12.1. The highest BCUT2D eigenvalue weighted by atomic mass is 32.2. The van der Waals surface area contributed by atoms with Gasteiger partial charge in [-0.25, -0.2) is 4.98 Å². The zero-order valence-corrected chi connectivity index (χ0v) is 13.9. The van der Waals surface area contributed by atoms with Gasteiger partial charge in [0.1, 0.15) is 0 Å². The summed E-state index contributed by atoms with van der Waals surface area (Å²) in [5.74, 6) is 1.24. The summed E-state index contributed by atoms with van der Waals surface area (Å²) < 4.78 is 5.33. The second-order valence-corrected chi connectivity index (χ2v) is 7.10. The molecule has 0 amide bonds. The van der Waals surface area contributed by atoms with Crippen molar-refractivity contribution in [3.8, 4) is 0 Å². The predicted molar refractivity (Wildman–Crippen MR) is 89.0 cm³/mol. The number of thioether (sulfide) groups is 1. The van der Waals surface area contributed by atoms with E-state index in [1.165, 1.54) is 11.1 Å². The maximum absolute atomic E-state index is 12.1. The minimum absolute atomic E-state index is 0.0329. The summed E-state index contributed by atoms with van der Waals surface area (Å²) in [7, 11) is 0. The average molecular weight is 329 g/mol. The molecule has 0 atom stereocenters. The normalized spacial score (nSPS) is 17.1. The Balaban J connectivity index is 1.58. The number of H-pyrrole nitrogens is 1. The second kappa shape index (κ2) is 6.09. The van der Waals surface area contributed by atoms with Gasteiger partial charge in [-0.1, -0.05) is 11.8 Å². The van der Waals surface area contributed by atoms with Crippen molar-refractivity contribution in [2.75, 3.05) is 13.2 Å². The Morgan fingerprint density at radius 1 is 1.39 bits per heavy atom. The van der Waals surface area contributed by atoms with Crippen LogP contribution in [0.2, 0.25) is 0 Å². The number of nitrogens with one attached hydrogen (secondary N) is 1. The SMILES string of the molecule is Cc1nccc(C2COC2)c1CSc1nc2c(c(=O)[nH]1)CCC2. The van der Waals surface area contributed by atoms with E-state index in [0.717, 1.165) is 60.3 Å². The molecule has 1 N–H and O–H groups in total. The molecule has 3 heterocycles. The van der Waals surface area contributed by atoms with E-state index in [0.29, 0.717) is 5.92 Å². The third-order valence-electron chi connectivity index (χ3n) is 4.66. The Bertz CT molecular complexity index is 799. The van der Waals surface area contributed by atoms with Crippen molar-refractivity contribution in [1.82, 2.24) is 15.0 Å². The van der Waals surface area contributed by atoms with Crippen molar-refractivity contribution in [3.63, 3.8) is 0 Å². The molecule has 1 saturated heterocycles. The summed E-state index contributed by atoms with van der Waals surface area (Å²) in [6.07, 6.45) is 4.68. The van der Waals surface area contributed by atoms with Crippen LogP contribution in [0.25, 0.3) is 0 Å². The quantitative estimate of drug-likeness (QED) is 0.689. The van der Waals surface area contributed by atoms with Crippen LogP contribution in [0.15, 0.2) is 22.2 Å². The van der Waals surface area contributed by atoms with Crippen molar-refractivity contribution < 1.29 is 4.74 Å². The molecule has 6 heteroatoms. The van der Waals surface area contributed by atoms with Crippen LogP contribution in [0.3, 0.4) is 0 Å². The number of ether oxygens (including phenoxy) is 1. The summed E-state index contributed by atoms with van der Waals surface area (Å²) in [5, 5.41) is 0.717. The van der Waals surface area contributed by atoms with E-state index < -0.39 is 0 Å². The number of fused-ring (bicyclic) bond motifs is 1.